The third-order valence-corrected chi connectivity index (χ3v) is 9.11. The van der Waals surface area contributed by atoms with Gasteiger partial charge in [-0.15, -0.1) is 0 Å². The fourth-order valence-electron chi connectivity index (χ4n) is 2.63. The third kappa shape index (κ3) is 3.08. The highest BCUT2D eigenvalue weighted by molar-refractivity contribution is 6.70. The zero-order valence-corrected chi connectivity index (χ0v) is 13.2. The molecule has 2 nitrogen and oxygen atoms in total. The lowest BCUT2D eigenvalue weighted by molar-refractivity contribution is 0.184. The first-order chi connectivity index (χ1) is 7.41. The number of hydrogen-bond donors (Lipinski definition) is 0. The largest absolute Gasteiger partial charge is 0.397 e. The van der Waals surface area contributed by atoms with E-state index in [0.29, 0.717) is 5.92 Å². The highest BCUT2D eigenvalue weighted by Crippen LogP contribution is 2.48. The van der Waals surface area contributed by atoms with E-state index < -0.39 is 8.56 Å². The summed E-state index contributed by atoms with van der Waals surface area (Å²) in [5, 5.41) is 0.169. The second kappa shape index (κ2) is 6.77. The zero-order chi connectivity index (χ0) is 12.8. The first-order valence-electron chi connectivity index (χ1n) is 6.52. The molecule has 0 amide bonds. The predicted molar refractivity (Wildman–Crippen MR) is 73.0 cm³/mol. The lowest BCUT2D eigenvalue weighted by Crippen LogP contribution is -2.52. The molecule has 16 heavy (non-hydrogen) atoms. The van der Waals surface area contributed by atoms with Crippen molar-refractivity contribution in [3.63, 3.8) is 0 Å². The van der Waals surface area contributed by atoms with Crippen molar-refractivity contribution in [1.82, 2.24) is 0 Å². The van der Waals surface area contributed by atoms with Gasteiger partial charge < -0.3 is 8.85 Å². The van der Waals surface area contributed by atoms with Gasteiger partial charge in [-0.3, -0.25) is 0 Å². The average molecular weight is 246 g/mol. The van der Waals surface area contributed by atoms with Gasteiger partial charge in [0.2, 0.25) is 0 Å². The van der Waals surface area contributed by atoms with Crippen LogP contribution in [-0.4, -0.2) is 22.8 Å². The van der Waals surface area contributed by atoms with Crippen LogP contribution in [0.1, 0.15) is 53.9 Å². The minimum atomic E-state index is -2.07. The molecule has 0 aliphatic heterocycles. The van der Waals surface area contributed by atoms with E-state index in [-0.39, 0.29) is 5.04 Å². The van der Waals surface area contributed by atoms with Crippen molar-refractivity contribution in [3.8, 4) is 0 Å². The van der Waals surface area contributed by atoms with Crippen molar-refractivity contribution in [1.29, 1.82) is 0 Å². The van der Waals surface area contributed by atoms with Gasteiger partial charge in [0.25, 0.3) is 0 Å². The van der Waals surface area contributed by atoms with E-state index in [9.17, 15) is 0 Å². The lowest BCUT2D eigenvalue weighted by atomic mass is 9.92. The first kappa shape index (κ1) is 16.1. The minimum Gasteiger partial charge on any atom is -0.397 e. The van der Waals surface area contributed by atoms with Crippen molar-refractivity contribution in [2.75, 3.05) is 14.2 Å². The van der Waals surface area contributed by atoms with Crippen molar-refractivity contribution in [2.45, 2.75) is 65.0 Å². The topological polar surface area (TPSA) is 18.5 Å². The Morgan fingerprint density at radius 3 is 1.88 bits per heavy atom. The summed E-state index contributed by atoms with van der Waals surface area (Å²) in [4.78, 5) is 0. The molecule has 0 heterocycles. The minimum absolute atomic E-state index is 0.169. The Kier molecular flexibility index (Phi) is 6.83. The molecule has 0 bridgehead atoms. The van der Waals surface area contributed by atoms with Crippen LogP contribution in [0.25, 0.3) is 0 Å². The Morgan fingerprint density at radius 1 is 1.06 bits per heavy atom. The third-order valence-electron chi connectivity index (χ3n) is 4.17. The molecule has 0 aromatic heterocycles. The zero-order valence-electron chi connectivity index (χ0n) is 12.2. The lowest BCUT2D eigenvalue weighted by Gasteiger charge is -2.45. The van der Waals surface area contributed by atoms with E-state index in [1.54, 1.807) is 0 Å². The molecule has 0 saturated heterocycles. The molecular weight excluding hydrogens is 216 g/mol. The molecule has 0 fully saturated rings. The van der Waals surface area contributed by atoms with E-state index >= 15 is 0 Å². The molecule has 0 saturated carbocycles. The predicted octanol–water partition coefficient (Wildman–Crippen LogP) is 4.35. The fraction of sp³-hybridized carbons (Fsp3) is 1.00. The number of hydrogen-bond acceptors (Lipinski definition) is 2. The summed E-state index contributed by atoms with van der Waals surface area (Å²) >= 11 is 0. The molecule has 0 aromatic carbocycles. The van der Waals surface area contributed by atoms with Crippen molar-refractivity contribution >= 4 is 8.56 Å². The monoisotopic (exact) mass is 246 g/mol. The van der Waals surface area contributed by atoms with Crippen molar-refractivity contribution in [2.24, 2.45) is 5.92 Å². The van der Waals surface area contributed by atoms with Crippen LogP contribution in [0.15, 0.2) is 0 Å². The van der Waals surface area contributed by atoms with E-state index in [1.165, 1.54) is 12.8 Å². The Hall–Kier alpha value is 0.137. The van der Waals surface area contributed by atoms with Crippen LogP contribution >= 0.6 is 0 Å². The van der Waals surface area contributed by atoms with Crippen molar-refractivity contribution in [3.05, 3.63) is 0 Å². The second-order valence-corrected chi connectivity index (χ2v) is 9.43. The van der Waals surface area contributed by atoms with Gasteiger partial charge >= 0.3 is 8.56 Å². The van der Waals surface area contributed by atoms with E-state index in [0.717, 1.165) is 12.5 Å². The van der Waals surface area contributed by atoms with Gasteiger partial charge in [0, 0.05) is 19.3 Å². The smallest absolute Gasteiger partial charge is 0.343 e. The Labute approximate surface area is 103 Å². The summed E-state index contributed by atoms with van der Waals surface area (Å²) in [5.74, 6) is 0.649. The summed E-state index contributed by atoms with van der Waals surface area (Å²) in [5.41, 5.74) is 0. The van der Waals surface area contributed by atoms with Gasteiger partial charge in [-0.1, -0.05) is 53.9 Å². The van der Waals surface area contributed by atoms with Crippen LogP contribution in [0.5, 0.6) is 0 Å². The van der Waals surface area contributed by atoms with Crippen LogP contribution in [0.2, 0.25) is 11.1 Å². The molecular formula is C13H30O2Si. The molecule has 0 radical (unpaired) electrons. The number of rotatable bonds is 8. The maximum atomic E-state index is 5.88. The molecule has 1 atom stereocenters. The molecule has 0 rings (SSSR count). The molecule has 3 heteroatoms. The van der Waals surface area contributed by atoms with Gasteiger partial charge in [-0.05, 0) is 12.0 Å². The van der Waals surface area contributed by atoms with Crippen LogP contribution in [-0.2, 0) is 8.85 Å². The normalized spacial score (nSPS) is 15.2. The van der Waals surface area contributed by atoms with Crippen LogP contribution in [0.4, 0.5) is 0 Å². The Balaban J connectivity index is 5.00. The molecule has 0 spiro atoms. The summed E-state index contributed by atoms with van der Waals surface area (Å²) in [6, 6.07) is 1.08. The van der Waals surface area contributed by atoms with Gasteiger partial charge in [0.15, 0.2) is 0 Å². The van der Waals surface area contributed by atoms with Gasteiger partial charge in [-0.25, -0.2) is 0 Å². The van der Waals surface area contributed by atoms with E-state index in [4.69, 9.17) is 8.85 Å². The summed E-state index contributed by atoms with van der Waals surface area (Å²) in [7, 11) is 1.58. The van der Waals surface area contributed by atoms with Gasteiger partial charge in [-0.2, -0.15) is 0 Å². The van der Waals surface area contributed by atoms with Gasteiger partial charge in [0.1, 0.15) is 0 Å². The molecule has 0 aliphatic rings. The summed E-state index contributed by atoms with van der Waals surface area (Å²) < 4.78 is 11.8. The highest BCUT2D eigenvalue weighted by Gasteiger charge is 2.52. The molecule has 98 valence electrons. The highest BCUT2D eigenvalue weighted by atomic mass is 28.4. The average Bonchev–Trinajstić information content (AvgIpc) is 2.26. The Morgan fingerprint density at radius 2 is 1.56 bits per heavy atom. The molecule has 0 aromatic rings. The summed E-state index contributed by atoms with van der Waals surface area (Å²) in [6.45, 7) is 11.4. The maximum Gasteiger partial charge on any atom is 0.343 e. The maximum absolute atomic E-state index is 5.88. The summed E-state index contributed by atoms with van der Waals surface area (Å²) in [6.07, 6.45) is 3.61. The van der Waals surface area contributed by atoms with Gasteiger partial charge in [0.05, 0.1) is 0 Å². The molecule has 0 N–H and O–H groups in total. The quantitative estimate of drug-likeness (QED) is 0.593. The fourth-order valence-corrected chi connectivity index (χ4v) is 6.46. The van der Waals surface area contributed by atoms with E-state index in [2.05, 4.69) is 34.6 Å². The second-order valence-electron chi connectivity index (χ2n) is 5.32. The van der Waals surface area contributed by atoms with Crippen molar-refractivity contribution < 1.29 is 8.85 Å². The molecule has 1 unspecified atom stereocenters. The standard InChI is InChI=1S/C13H30O2Si/c1-8-10-12(3)13(4,5)16(14-6,15-7)11-9-2/h12H,8-11H2,1-7H3. The van der Waals surface area contributed by atoms with Crippen LogP contribution in [0, 0.1) is 5.92 Å². The molecule has 0 aliphatic carbocycles. The Bertz CT molecular complexity index is 188. The van der Waals surface area contributed by atoms with Crippen LogP contribution in [0.3, 0.4) is 0 Å². The first-order valence-corrected chi connectivity index (χ1v) is 8.54. The van der Waals surface area contributed by atoms with E-state index in [1.807, 2.05) is 14.2 Å². The van der Waals surface area contributed by atoms with Crippen LogP contribution < -0.4 is 0 Å². The SMILES string of the molecule is CCCC(C)C(C)(C)[Si](CCC)(OC)OC.